The van der Waals surface area contributed by atoms with E-state index in [1.807, 2.05) is 4.90 Å². The first kappa shape index (κ1) is 18.4. The van der Waals surface area contributed by atoms with Crippen molar-refractivity contribution < 1.29 is 4.79 Å². The van der Waals surface area contributed by atoms with E-state index in [2.05, 4.69) is 51.2 Å². The molecule has 1 aromatic carbocycles. The molecule has 0 aliphatic carbocycles. The van der Waals surface area contributed by atoms with Crippen molar-refractivity contribution >= 4 is 17.7 Å². The summed E-state index contributed by atoms with van der Waals surface area (Å²) in [7, 11) is 0. The fourth-order valence-electron chi connectivity index (χ4n) is 4.09. The van der Waals surface area contributed by atoms with Gasteiger partial charge in [-0.15, -0.1) is 0 Å². The van der Waals surface area contributed by atoms with Crippen LogP contribution in [0.4, 0.5) is 0 Å². The van der Waals surface area contributed by atoms with E-state index in [4.69, 9.17) is 0 Å². The van der Waals surface area contributed by atoms with Crippen molar-refractivity contribution in [2.75, 3.05) is 25.4 Å². The Labute approximate surface area is 164 Å². The first-order valence-electron chi connectivity index (χ1n) is 9.52. The molecule has 27 heavy (non-hydrogen) atoms. The summed E-state index contributed by atoms with van der Waals surface area (Å²) in [4.78, 5) is 23.1. The second-order valence-electron chi connectivity index (χ2n) is 7.13. The van der Waals surface area contributed by atoms with Crippen LogP contribution in [0.3, 0.4) is 0 Å². The fourth-order valence-corrected chi connectivity index (χ4v) is 4.80. The molecule has 0 bridgehead atoms. The number of nitrogens with zero attached hydrogens (tertiary/aromatic N) is 3. The number of hydrogen-bond acceptors (Lipinski definition) is 6. The maximum absolute atomic E-state index is 12.7. The van der Waals surface area contributed by atoms with Crippen molar-refractivity contribution in [1.29, 1.82) is 0 Å². The smallest absolute Gasteiger partial charge is 0.233 e. The largest absolute Gasteiger partial charge is 0.342 e. The van der Waals surface area contributed by atoms with Gasteiger partial charge in [-0.2, -0.15) is 0 Å². The van der Waals surface area contributed by atoms with Crippen LogP contribution in [0.15, 0.2) is 53.9 Å². The SMILES string of the molecule is O=C(CSc1ncccn1)N1CCCC(C2NNCC2c2ccccc2)C1. The minimum Gasteiger partial charge on any atom is -0.342 e. The van der Waals surface area contributed by atoms with Gasteiger partial charge in [-0.3, -0.25) is 15.6 Å². The Kier molecular flexibility index (Phi) is 6.01. The van der Waals surface area contributed by atoms with Gasteiger partial charge in [0, 0.05) is 44.0 Å². The number of hydrazine groups is 1. The molecule has 7 heteroatoms. The number of thioether (sulfide) groups is 1. The number of hydrogen-bond donors (Lipinski definition) is 2. The third-order valence-corrected chi connectivity index (χ3v) is 6.30. The minimum absolute atomic E-state index is 0.180. The number of carbonyl (C=O) groups is 1. The molecule has 3 atom stereocenters. The molecule has 3 heterocycles. The van der Waals surface area contributed by atoms with Gasteiger partial charge in [0.05, 0.1) is 5.75 Å². The maximum atomic E-state index is 12.7. The molecule has 2 fully saturated rings. The van der Waals surface area contributed by atoms with Crippen LogP contribution in [0.1, 0.15) is 24.3 Å². The minimum atomic E-state index is 0.180. The molecule has 3 unspecified atom stereocenters. The van der Waals surface area contributed by atoms with E-state index in [9.17, 15) is 4.79 Å². The van der Waals surface area contributed by atoms with Crippen LogP contribution in [-0.4, -0.2) is 52.2 Å². The summed E-state index contributed by atoms with van der Waals surface area (Å²) in [6.07, 6.45) is 5.63. The van der Waals surface area contributed by atoms with Crippen LogP contribution in [-0.2, 0) is 4.79 Å². The molecule has 0 spiro atoms. The zero-order valence-corrected chi connectivity index (χ0v) is 16.1. The standard InChI is InChI=1S/C20H25N5OS/c26-18(14-27-20-21-9-5-10-22-20)25-11-4-8-16(13-25)19-17(12-23-24-19)15-6-2-1-3-7-15/h1-3,5-7,9-10,16-17,19,23-24H,4,8,11-14H2. The van der Waals surface area contributed by atoms with Gasteiger partial charge < -0.3 is 4.90 Å². The molecule has 142 valence electrons. The predicted octanol–water partition coefficient (Wildman–Crippen LogP) is 2.07. The van der Waals surface area contributed by atoms with Crippen molar-refractivity contribution in [3.8, 4) is 0 Å². The number of amides is 1. The van der Waals surface area contributed by atoms with Crippen LogP contribution in [0.25, 0.3) is 0 Å². The summed E-state index contributed by atoms with van der Waals surface area (Å²) in [5.74, 6) is 1.48. The van der Waals surface area contributed by atoms with E-state index in [-0.39, 0.29) is 5.91 Å². The number of benzene rings is 1. The topological polar surface area (TPSA) is 70.2 Å². The molecule has 6 nitrogen and oxygen atoms in total. The predicted molar refractivity (Wildman–Crippen MR) is 106 cm³/mol. The lowest BCUT2D eigenvalue weighted by molar-refractivity contribution is -0.130. The monoisotopic (exact) mass is 383 g/mol. The highest BCUT2D eigenvalue weighted by Gasteiger charge is 2.37. The van der Waals surface area contributed by atoms with Gasteiger partial charge in [0.15, 0.2) is 5.16 Å². The van der Waals surface area contributed by atoms with E-state index in [1.165, 1.54) is 17.3 Å². The van der Waals surface area contributed by atoms with Crippen LogP contribution in [0.2, 0.25) is 0 Å². The number of piperidine rings is 1. The Hall–Kier alpha value is -1.96. The van der Waals surface area contributed by atoms with Gasteiger partial charge in [-0.05, 0) is 30.4 Å². The normalized spacial score (nSPS) is 25.5. The van der Waals surface area contributed by atoms with Crippen molar-refractivity contribution in [3.05, 3.63) is 54.4 Å². The van der Waals surface area contributed by atoms with E-state index < -0.39 is 0 Å². The molecule has 1 amide bonds. The van der Waals surface area contributed by atoms with Gasteiger partial charge in [0.25, 0.3) is 0 Å². The van der Waals surface area contributed by atoms with Crippen LogP contribution >= 0.6 is 11.8 Å². The molecular formula is C20H25N5OS. The molecular weight excluding hydrogens is 358 g/mol. The van der Waals surface area contributed by atoms with Gasteiger partial charge in [-0.1, -0.05) is 42.1 Å². The number of nitrogens with one attached hydrogen (secondary N) is 2. The van der Waals surface area contributed by atoms with E-state index >= 15 is 0 Å². The summed E-state index contributed by atoms with van der Waals surface area (Å²) < 4.78 is 0. The zero-order chi connectivity index (χ0) is 18.5. The molecule has 0 saturated carbocycles. The van der Waals surface area contributed by atoms with Crippen molar-refractivity contribution in [1.82, 2.24) is 25.7 Å². The number of likely N-dealkylation sites (tertiary alicyclic amines) is 1. The highest BCUT2D eigenvalue weighted by molar-refractivity contribution is 7.99. The average molecular weight is 384 g/mol. The Morgan fingerprint density at radius 1 is 1.19 bits per heavy atom. The summed E-state index contributed by atoms with van der Waals surface area (Å²) in [6, 6.07) is 12.8. The van der Waals surface area contributed by atoms with Gasteiger partial charge in [0.2, 0.25) is 5.91 Å². The number of carbonyl (C=O) groups excluding carboxylic acids is 1. The van der Waals surface area contributed by atoms with Gasteiger partial charge in [0.1, 0.15) is 0 Å². The average Bonchev–Trinajstić information content (AvgIpc) is 3.23. The van der Waals surface area contributed by atoms with Crippen molar-refractivity contribution in [2.45, 2.75) is 30.0 Å². The summed E-state index contributed by atoms with van der Waals surface area (Å²) >= 11 is 1.41. The maximum Gasteiger partial charge on any atom is 0.233 e. The fraction of sp³-hybridized carbons (Fsp3) is 0.450. The quantitative estimate of drug-likeness (QED) is 0.608. The Morgan fingerprint density at radius 2 is 2.00 bits per heavy atom. The first-order chi connectivity index (χ1) is 13.3. The summed E-state index contributed by atoms with van der Waals surface area (Å²) in [6.45, 7) is 2.60. The third-order valence-electron chi connectivity index (χ3n) is 5.44. The van der Waals surface area contributed by atoms with Crippen LogP contribution < -0.4 is 10.9 Å². The first-order valence-corrected chi connectivity index (χ1v) is 10.5. The van der Waals surface area contributed by atoms with Crippen LogP contribution in [0.5, 0.6) is 0 Å². The van der Waals surface area contributed by atoms with E-state index in [0.717, 1.165) is 32.5 Å². The Morgan fingerprint density at radius 3 is 2.81 bits per heavy atom. The molecule has 2 aromatic rings. The van der Waals surface area contributed by atoms with Crippen molar-refractivity contribution in [3.63, 3.8) is 0 Å². The highest BCUT2D eigenvalue weighted by atomic mass is 32.2. The molecule has 0 radical (unpaired) electrons. The number of rotatable bonds is 5. The van der Waals surface area contributed by atoms with Crippen LogP contribution in [0, 0.1) is 5.92 Å². The lowest BCUT2D eigenvalue weighted by Crippen LogP contribution is -2.48. The van der Waals surface area contributed by atoms with E-state index in [1.54, 1.807) is 18.5 Å². The molecule has 2 N–H and O–H groups in total. The second kappa shape index (κ2) is 8.82. The van der Waals surface area contributed by atoms with Gasteiger partial charge >= 0.3 is 0 Å². The molecule has 2 saturated heterocycles. The highest BCUT2D eigenvalue weighted by Crippen LogP contribution is 2.31. The molecule has 2 aliphatic rings. The third kappa shape index (κ3) is 4.48. The summed E-state index contributed by atoms with van der Waals surface area (Å²) in [5.41, 5.74) is 8.18. The Balaban J connectivity index is 1.36. The zero-order valence-electron chi connectivity index (χ0n) is 15.3. The number of aromatic nitrogens is 2. The lowest BCUT2D eigenvalue weighted by Gasteiger charge is -2.37. The van der Waals surface area contributed by atoms with Gasteiger partial charge in [-0.25, -0.2) is 9.97 Å². The Bertz CT molecular complexity index is 745. The molecule has 4 rings (SSSR count). The van der Waals surface area contributed by atoms with Crippen molar-refractivity contribution in [2.24, 2.45) is 5.92 Å². The molecule has 1 aromatic heterocycles. The lowest BCUT2D eigenvalue weighted by atomic mass is 9.81. The second-order valence-corrected chi connectivity index (χ2v) is 8.07. The molecule has 2 aliphatic heterocycles. The summed E-state index contributed by atoms with van der Waals surface area (Å²) in [5, 5.41) is 0.658. The van der Waals surface area contributed by atoms with E-state index in [0.29, 0.717) is 28.8 Å².